The number of nitrogens with zero attached hydrogens (tertiary/aromatic N) is 1. The van der Waals surface area contributed by atoms with Crippen molar-refractivity contribution in [2.75, 3.05) is 13.1 Å². The van der Waals surface area contributed by atoms with Crippen molar-refractivity contribution in [3.05, 3.63) is 35.4 Å². The quantitative estimate of drug-likeness (QED) is 0.927. The van der Waals surface area contributed by atoms with E-state index >= 15 is 0 Å². The van der Waals surface area contributed by atoms with Crippen LogP contribution >= 0.6 is 0 Å². The molecule has 2 rings (SSSR count). The summed E-state index contributed by atoms with van der Waals surface area (Å²) in [6, 6.07) is 3.18. The van der Waals surface area contributed by atoms with E-state index in [1.807, 2.05) is 0 Å². The number of benzene rings is 1. The lowest BCUT2D eigenvalue weighted by Gasteiger charge is -2.30. The average Bonchev–Trinajstić information content (AvgIpc) is 2.48. The van der Waals surface area contributed by atoms with Crippen LogP contribution in [0.25, 0.3) is 0 Å². The maximum absolute atomic E-state index is 13.4. The highest BCUT2D eigenvalue weighted by Gasteiger charge is 2.26. The number of carboxylic acids is 1. The minimum Gasteiger partial charge on any atom is -0.481 e. The zero-order chi connectivity index (χ0) is 15.4. The molecule has 0 aliphatic carbocycles. The van der Waals surface area contributed by atoms with Crippen LogP contribution in [-0.2, 0) is 16.0 Å². The number of amides is 1. The molecule has 1 aromatic rings. The van der Waals surface area contributed by atoms with Gasteiger partial charge in [-0.1, -0.05) is 0 Å². The van der Waals surface area contributed by atoms with E-state index in [9.17, 15) is 18.4 Å². The standard InChI is InChI=1S/C15H17F2NO3/c16-12-2-3-13(17)11(9-12)1-4-14(19)18-7-5-10(6-8-18)15(20)21/h2-3,9-10H,1,4-8H2,(H,20,21). The molecule has 0 bridgehead atoms. The minimum atomic E-state index is -0.830. The van der Waals surface area contributed by atoms with Crippen molar-refractivity contribution in [2.24, 2.45) is 5.92 Å². The van der Waals surface area contributed by atoms with E-state index in [0.717, 1.165) is 18.2 Å². The van der Waals surface area contributed by atoms with Crippen LogP contribution in [-0.4, -0.2) is 35.0 Å². The lowest BCUT2D eigenvalue weighted by molar-refractivity contribution is -0.145. The van der Waals surface area contributed by atoms with Gasteiger partial charge in [0.05, 0.1) is 5.92 Å². The fraction of sp³-hybridized carbons (Fsp3) is 0.467. The molecular weight excluding hydrogens is 280 g/mol. The van der Waals surface area contributed by atoms with Gasteiger partial charge < -0.3 is 10.0 Å². The molecule has 1 aliphatic rings. The third-order valence-corrected chi connectivity index (χ3v) is 3.81. The van der Waals surface area contributed by atoms with Crippen LogP contribution in [0, 0.1) is 17.6 Å². The van der Waals surface area contributed by atoms with Crippen molar-refractivity contribution < 1.29 is 23.5 Å². The first-order valence-electron chi connectivity index (χ1n) is 6.92. The van der Waals surface area contributed by atoms with E-state index < -0.39 is 23.5 Å². The number of rotatable bonds is 4. The monoisotopic (exact) mass is 297 g/mol. The summed E-state index contributed by atoms with van der Waals surface area (Å²) in [5.74, 6) is -2.42. The van der Waals surface area contributed by atoms with Crippen LogP contribution in [0.15, 0.2) is 18.2 Å². The number of hydrogen-bond acceptors (Lipinski definition) is 2. The highest BCUT2D eigenvalue weighted by Crippen LogP contribution is 2.19. The molecule has 1 amide bonds. The molecule has 4 nitrogen and oxygen atoms in total. The molecule has 0 radical (unpaired) electrons. The maximum Gasteiger partial charge on any atom is 0.306 e. The summed E-state index contributed by atoms with van der Waals surface area (Å²) in [6.07, 6.45) is 1.12. The molecule has 6 heteroatoms. The number of carbonyl (C=O) groups excluding carboxylic acids is 1. The largest absolute Gasteiger partial charge is 0.481 e. The molecule has 0 atom stereocenters. The molecule has 0 aromatic heterocycles. The van der Waals surface area contributed by atoms with E-state index in [4.69, 9.17) is 5.11 Å². The molecular formula is C15H17F2NO3. The first-order chi connectivity index (χ1) is 9.97. The van der Waals surface area contributed by atoms with Crippen molar-refractivity contribution in [2.45, 2.75) is 25.7 Å². The van der Waals surface area contributed by atoms with Gasteiger partial charge in [0.1, 0.15) is 11.6 Å². The summed E-state index contributed by atoms with van der Waals surface area (Å²) in [4.78, 5) is 24.4. The minimum absolute atomic E-state index is 0.0953. The Morgan fingerprint density at radius 2 is 1.90 bits per heavy atom. The van der Waals surface area contributed by atoms with Gasteiger partial charge in [-0.25, -0.2) is 8.78 Å². The Balaban J connectivity index is 1.85. The molecule has 0 unspecified atom stereocenters. The molecule has 0 saturated carbocycles. The number of aryl methyl sites for hydroxylation is 1. The molecule has 1 N–H and O–H groups in total. The highest BCUT2D eigenvalue weighted by molar-refractivity contribution is 5.77. The van der Waals surface area contributed by atoms with E-state index in [0.29, 0.717) is 25.9 Å². The molecule has 1 aromatic carbocycles. The van der Waals surface area contributed by atoms with Gasteiger partial charge in [-0.05, 0) is 43.0 Å². The zero-order valence-electron chi connectivity index (χ0n) is 11.5. The molecule has 21 heavy (non-hydrogen) atoms. The second-order valence-corrected chi connectivity index (χ2v) is 5.23. The van der Waals surface area contributed by atoms with Gasteiger partial charge in [0.15, 0.2) is 0 Å². The van der Waals surface area contributed by atoms with Crippen molar-refractivity contribution in [1.29, 1.82) is 0 Å². The second-order valence-electron chi connectivity index (χ2n) is 5.23. The smallest absolute Gasteiger partial charge is 0.306 e. The van der Waals surface area contributed by atoms with Gasteiger partial charge in [-0.2, -0.15) is 0 Å². The predicted molar refractivity (Wildman–Crippen MR) is 71.6 cm³/mol. The van der Waals surface area contributed by atoms with Gasteiger partial charge in [-0.15, -0.1) is 0 Å². The molecule has 114 valence electrons. The van der Waals surface area contributed by atoms with Crippen LogP contribution in [0.5, 0.6) is 0 Å². The van der Waals surface area contributed by atoms with Crippen LogP contribution in [0.3, 0.4) is 0 Å². The van der Waals surface area contributed by atoms with Crippen LogP contribution in [0.1, 0.15) is 24.8 Å². The summed E-state index contributed by atoms with van der Waals surface area (Å²) >= 11 is 0. The summed E-state index contributed by atoms with van der Waals surface area (Å²) in [5.41, 5.74) is 0.184. The molecule has 1 heterocycles. The Labute approximate surface area is 121 Å². The van der Waals surface area contributed by atoms with Gasteiger partial charge in [-0.3, -0.25) is 9.59 Å². The number of hydrogen-bond donors (Lipinski definition) is 1. The summed E-state index contributed by atoms with van der Waals surface area (Å²) in [5, 5.41) is 8.89. The number of piperidine rings is 1. The predicted octanol–water partition coefficient (Wildman–Crippen LogP) is 2.22. The first kappa shape index (κ1) is 15.4. The lowest BCUT2D eigenvalue weighted by atomic mass is 9.96. The van der Waals surface area contributed by atoms with E-state index in [1.165, 1.54) is 0 Å². The zero-order valence-corrected chi connectivity index (χ0v) is 11.5. The Morgan fingerprint density at radius 3 is 2.52 bits per heavy atom. The van der Waals surface area contributed by atoms with Gasteiger partial charge in [0, 0.05) is 19.5 Å². The van der Waals surface area contributed by atoms with Gasteiger partial charge >= 0.3 is 5.97 Å². The van der Waals surface area contributed by atoms with Crippen molar-refractivity contribution >= 4 is 11.9 Å². The Hall–Kier alpha value is -1.98. The Kier molecular flexibility index (Phi) is 4.88. The normalized spacial score (nSPS) is 16.0. The number of carboxylic acid groups (broad SMARTS) is 1. The van der Waals surface area contributed by atoms with E-state index in [-0.39, 0.29) is 24.3 Å². The fourth-order valence-corrected chi connectivity index (χ4v) is 2.51. The van der Waals surface area contributed by atoms with Crippen LogP contribution in [0.4, 0.5) is 8.78 Å². The molecule has 1 fully saturated rings. The van der Waals surface area contributed by atoms with Crippen LogP contribution in [0.2, 0.25) is 0 Å². The van der Waals surface area contributed by atoms with Crippen molar-refractivity contribution in [3.63, 3.8) is 0 Å². The number of aliphatic carboxylic acids is 1. The van der Waals surface area contributed by atoms with E-state index in [2.05, 4.69) is 0 Å². The number of carbonyl (C=O) groups is 2. The van der Waals surface area contributed by atoms with Crippen LogP contribution < -0.4 is 0 Å². The van der Waals surface area contributed by atoms with Gasteiger partial charge in [0.2, 0.25) is 5.91 Å². The third-order valence-electron chi connectivity index (χ3n) is 3.81. The highest BCUT2D eigenvalue weighted by atomic mass is 19.1. The topological polar surface area (TPSA) is 57.6 Å². The molecule has 1 saturated heterocycles. The lowest BCUT2D eigenvalue weighted by Crippen LogP contribution is -2.40. The summed E-state index contributed by atoms with van der Waals surface area (Å²) in [7, 11) is 0. The summed E-state index contributed by atoms with van der Waals surface area (Å²) in [6.45, 7) is 0.808. The molecule has 0 spiro atoms. The average molecular weight is 297 g/mol. The first-order valence-corrected chi connectivity index (χ1v) is 6.92. The SMILES string of the molecule is O=C(O)C1CCN(C(=O)CCc2cc(F)ccc2F)CC1. The second kappa shape index (κ2) is 6.65. The Bertz CT molecular complexity index is 540. The Morgan fingerprint density at radius 1 is 1.24 bits per heavy atom. The maximum atomic E-state index is 13.4. The summed E-state index contributed by atoms with van der Waals surface area (Å²) < 4.78 is 26.5. The number of likely N-dealkylation sites (tertiary alicyclic amines) is 1. The van der Waals surface area contributed by atoms with Crippen molar-refractivity contribution in [1.82, 2.24) is 4.90 Å². The van der Waals surface area contributed by atoms with Crippen molar-refractivity contribution in [3.8, 4) is 0 Å². The van der Waals surface area contributed by atoms with E-state index in [1.54, 1.807) is 4.90 Å². The third kappa shape index (κ3) is 4.00. The number of halogens is 2. The van der Waals surface area contributed by atoms with Gasteiger partial charge in [0.25, 0.3) is 0 Å². The molecule has 1 aliphatic heterocycles. The fourth-order valence-electron chi connectivity index (χ4n) is 2.51.